The van der Waals surface area contributed by atoms with Crippen LogP contribution in [0.3, 0.4) is 0 Å². The van der Waals surface area contributed by atoms with E-state index < -0.39 is 30.4 Å². The molecular formula is C25H28N2O6. The molecule has 1 saturated heterocycles. The van der Waals surface area contributed by atoms with Gasteiger partial charge in [0.25, 0.3) is 5.91 Å². The fraction of sp³-hybridized carbons (Fsp3) is 0.360. The highest BCUT2D eigenvalue weighted by molar-refractivity contribution is 6.00. The van der Waals surface area contributed by atoms with Gasteiger partial charge in [-0.2, -0.15) is 0 Å². The maximum absolute atomic E-state index is 12.4. The number of amides is 2. The zero-order valence-electron chi connectivity index (χ0n) is 19.1. The number of rotatable bonds is 8. The molecule has 33 heavy (non-hydrogen) atoms. The van der Waals surface area contributed by atoms with Gasteiger partial charge >= 0.3 is 11.9 Å². The molecule has 1 atom stereocenters. The predicted molar refractivity (Wildman–Crippen MR) is 123 cm³/mol. The van der Waals surface area contributed by atoms with Gasteiger partial charge in [0, 0.05) is 24.3 Å². The maximum Gasteiger partial charge on any atom is 0.338 e. The van der Waals surface area contributed by atoms with Crippen LogP contribution in [0.4, 0.5) is 11.4 Å². The van der Waals surface area contributed by atoms with E-state index in [1.54, 1.807) is 29.2 Å². The van der Waals surface area contributed by atoms with Crippen molar-refractivity contribution in [3.63, 3.8) is 0 Å². The second kappa shape index (κ2) is 10.8. The minimum Gasteiger partial charge on any atom is -0.462 e. The smallest absolute Gasteiger partial charge is 0.338 e. The Bertz CT molecular complexity index is 1050. The summed E-state index contributed by atoms with van der Waals surface area (Å²) in [4.78, 5) is 50.4. The van der Waals surface area contributed by atoms with Gasteiger partial charge in [-0.3, -0.25) is 14.4 Å². The maximum atomic E-state index is 12.4. The van der Waals surface area contributed by atoms with Gasteiger partial charge in [-0.25, -0.2) is 4.79 Å². The lowest BCUT2D eigenvalue weighted by Gasteiger charge is -2.17. The second-order valence-electron chi connectivity index (χ2n) is 8.04. The molecule has 8 nitrogen and oxygen atoms in total. The number of carbonyl (C=O) groups excluding carboxylic acids is 4. The second-order valence-corrected chi connectivity index (χ2v) is 8.04. The van der Waals surface area contributed by atoms with E-state index in [2.05, 4.69) is 5.32 Å². The van der Waals surface area contributed by atoms with Gasteiger partial charge in [-0.15, -0.1) is 0 Å². The molecule has 0 aromatic heterocycles. The SMILES string of the molecule is CCCOC(=O)c1ccc(NC(=O)COC(=O)[C@@H]2CC(=O)N(c3ccc(C)c(C)c3)C2)cc1. The Kier molecular flexibility index (Phi) is 7.82. The Hall–Kier alpha value is -3.68. The lowest BCUT2D eigenvalue weighted by molar-refractivity contribution is -0.151. The summed E-state index contributed by atoms with van der Waals surface area (Å²) in [5, 5.41) is 2.61. The monoisotopic (exact) mass is 452 g/mol. The third-order valence-electron chi connectivity index (χ3n) is 5.45. The molecular weight excluding hydrogens is 424 g/mol. The molecule has 1 heterocycles. The topological polar surface area (TPSA) is 102 Å². The number of hydrogen-bond acceptors (Lipinski definition) is 6. The minimum atomic E-state index is -0.625. The number of ether oxygens (including phenoxy) is 2. The average molecular weight is 453 g/mol. The molecule has 2 aromatic rings. The molecule has 174 valence electrons. The first kappa shape index (κ1) is 24.0. The predicted octanol–water partition coefficient (Wildman–Crippen LogP) is 3.41. The van der Waals surface area contributed by atoms with Crippen LogP contribution < -0.4 is 10.2 Å². The first-order chi connectivity index (χ1) is 15.8. The number of nitrogens with zero attached hydrogens (tertiary/aromatic N) is 1. The molecule has 1 fully saturated rings. The quantitative estimate of drug-likeness (QED) is 0.616. The van der Waals surface area contributed by atoms with Gasteiger partial charge in [0.15, 0.2) is 6.61 Å². The standard InChI is InChI=1S/C25H28N2O6/c1-4-11-32-24(30)18-6-8-20(9-7-18)26-22(28)15-33-25(31)19-13-23(29)27(14-19)21-10-5-16(2)17(3)12-21/h5-10,12,19H,4,11,13-15H2,1-3H3,(H,26,28)/t19-/m1/s1. The van der Waals surface area contributed by atoms with Crippen LogP contribution in [0.2, 0.25) is 0 Å². The van der Waals surface area contributed by atoms with E-state index in [1.807, 2.05) is 39.0 Å². The average Bonchev–Trinajstić information content (AvgIpc) is 3.19. The summed E-state index contributed by atoms with van der Waals surface area (Å²) < 4.78 is 10.2. The molecule has 3 rings (SSSR count). The summed E-state index contributed by atoms with van der Waals surface area (Å²) in [6, 6.07) is 11.9. The van der Waals surface area contributed by atoms with E-state index in [4.69, 9.17) is 9.47 Å². The number of carbonyl (C=O) groups is 4. The molecule has 1 aliphatic heterocycles. The minimum absolute atomic E-state index is 0.0446. The Morgan fingerprint density at radius 2 is 1.76 bits per heavy atom. The molecule has 0 radical (unpaired) electrons. The Morgan fingerprint density at radius 1 is 1.03 bits per heavy atom. The molecule has 0 unspecified atom stereocenters. The van der Waals surface area contributed by atoms with E-state index >= 15 is 0 Å². The lowest BCUT2D eigenvalue weighted by Crippen LogP contribution is -2.28. The van der Waals surface area contributed by atoms with Crippen LogP contribution in [-0.2, 0) is 23.9 Å². The van der Waals surface area contributed by atoms with Crippen molar-refractivity contribution < 1.29 is 28.7 Å². The van der Waals surface area contributed by atoms with Crippen molar-refractivity contribution in [1.29, 1.82) is 0 Å². The molecule has 1 aliphatic rings. The summed E-state index contributed by atoms with van der Waals surface area (Å²) >= 11 is 0. The van der Waals surface area contributed by atoms with Crippen molar-refractivity contribution in [3.05, 3.63) is 59.2 Å². The van der Waals surface area contributed by atoms with Crippen molar-refractivity contribution in [1.82, 2.24) is 0 Å². The highest BCUT2D eigenvalue weighted by Gasteiger charge is 2.36. The van der Waals surface area contributed by atoms with Crippen molar-refractivity contribution in [3.8, 4) is 0 Å². The largest absolute Gasteiger partial charge is 0.462 e. The summed E-state index contributed by atoms with van der Waals surface area (Å²) in [5.74, 6) is -2.30. The molecule has 0 spiro atoms. The number of hydrogen-bond donors (Lipinski definition) is 1. The molecule has 0 aliphatic carbocycles. The van der Waals surface area contributed by atoms with Gasteiger partial charge in [0.05, 0.1) is 18.1 Å². The normalized spacial score (nSPS) is 15.3. The summed E-state index contributed by atoms with van der Waals surface area (Å²) in [6.07, 6.45) is 0.778. The van der Waals surface area contributed by atoms with Crippen molar-refractivity contribution in [2.75, 3.05) is 30.0 Å². The molecule has 1 N–H and O–H groups in total. The van der Waals surface area contributed by atoms with Gasteiger partial charge < -0.3 is 19.7 Å². The molecule has 0 saturated carbocycles. The van der Waals surface area contributed by atoms with Crippen LogP contribution in [0, 0.1) is 19.8 Å². The van der Waals surface area contributed by atoms with E-state index in [1.165, 1.54) is 0 Å². The van der Waals surface area contributed by atoms with Crippen LogP contribution in [0.1, 0.15) is 41.3 Å². The van der Waals surface area contributed by atoms with E-state index in [0.717, 1.165) is 23.2 Å². The van der Waals surface area contributed by atoms with Crippen molar-refractivity contribution >= 4 is 35.1 Å². The molecule has 2 aromatic carbocycles. The zero-order chi connectivity index (χ0) is 24.0. The third kappa shape index (κ3) is 6.19. The molecule has 8 heteroatoms. The van der Waals surface area contributed by atoms with E-state index in [9.17, 15) is 19.2 Å². The zero-order valence-corrected chi connectivity index (χ0v) is 19.1. The number of benzene rings is 2. The van der Waals surface area contributed by atoms with Crippen LogP contribution in [0.25, 0.3) is 0 Å². The molecule has 0 bridgehead atoms. The van der Waals surface area contributed by atoms with Crippen LogP contribution in [-0.4, -0.2) is 43.5 Å². The number of nitrogens with one attached hydrogen (secondary N) is 1. The number of anilines is 2. The van der Waals surface area contributed by atoms with Crippen molar-refractivity contribution in [2.24, 2.45) is 5.92 Å². The van der Waals surface area contributed by atoms with E-state index in [0.29, 0.717) is 17.9 Å². The highest BCUT2D eigenvalue weighted by Crippen LogP contribution is 2.27. The van der Waals surface area contributed by atoms with E-state index in [-0.39, 0.29) is 18.9 Å². The van der Waals surface area contributed by atoms with Crippen molar-refractivity contribution in [2.45, 2.75) is 33.6 Å². The van der Waals surface area contributed by atoms with Crippen LogP contribution >= 0.6 is 0 Å². The fourth-order valence-electron chi connectivity index (χ4n) is 3.43. The lowest BCUT2D eigenvalue weighted by atomic mass is 10.1. The fourth-order valence-corrected chi connectivity index (χ4v) is 3.43. The Morgan fingerprint density at radius 3 is 2.42 bits per heavy atom. The Labute approximate surface area is 192 Å². The van der Waals surface area contributed by atoms with Crippen LogP contribution in [0.15, 0.2) is 42.5 Å². The summed E-state index contributed by atoms with van der Waals surface area (Å²) in [5.41, 5.74) is 3.78. The Balaban J connectivity index is 1.48. The van der Waals surface area contributed by atoms with Gasteiger partial charge in [-0.1, -0.05) is 13.0 Å². The summed E-state index contributed by atoms with van der Waals surface area (Å²) in [6.45, 7) is 5.97. The van der Waals surface area contributed by atoms with Crippen LogP contribution in [0.5, 0.6) is 0 Å². The third-order valence-corrected chi connectivity index (χ3v) is 5.45. The number of esters is 2. The summed E-state index contributed by atoms with van der Waals surface area (Å²) in [7, 11) is 0. The van der Waals surface area contributed by atoms with Gasteiger partial charge in [0.2, 0.25) is 5.91 Å². The number of aryl methyl sites for hydroxylation is 2. The van der Waals surface area contributed by atoms with Gasteiger partial charge in [0.1, 0.15) is 0 Å². The highest BCUT2D eigenvalue weighted by atomic mass is 16.5. The van der Waals surface area contributed by atoms with Gasteiger partial charge in [-0.05, 0) is 67.8 Å². The first-order valence-corrected chi connectivity index (χ1v) is 10.9. The molecule has 2 amide bonds. The first-order valence-electron chi connectivity index (χ1n) is 10.9.